The molecule has 0 fully saturated rings. The molecule has 0 saturated heterocycles. The third kappa shape index (κ3) is 20.1. The van der Waals surface area contributed by atoms with Crippen LogP contribution in [0.15, 0.2) is 292 Å². The molecule has 18 rings (SSSR count). The van der Waals surface area contributed by atoms with E-state index in [9.17, 15) is 0 Å². The summed E-state index contributed by atoms with van der Waals surface area (Å²) >= 11 is 0. The molecule has 6 nitrogen and oxygen atoms in total. The van der Waals surface area contributed by atoms with E-state index in [1.807, 2.05) is 84.5 Å². The standard InChI is InChI=1S/3C22H26N.C19H20N.C18H18N.C17H16N/c3*1-14(2)18-7-8-20-19(13-18)9-10-23(6)22(20)21-12-15(3)11-16(4)17(21)5;1-13-11-14(2)15(3)18(12-13)19-17-8-6-5-7-16(17)9-10-20(19)4;1-13-8-9-17(14(2)10-13)18-11-15-6-4-5-7-16(15)12-19(18)3;1-13-7-3-6-10-16(13)17-11-14-8-4-5-9-15(14)12-18(17)2/h3*7-14H,1-6H3;5-12H,1-4H3;4-12H,1-3H3;3-12H,1-2H3/q6*+1/i1D3,14D;14D;;2D3;;. The molecule has 0 aliphatic heterocycles. The number of hydrogen-bond acceptors (Lipinski definition) is 0. The average molecular weight is 1670 g/mol. The molecule has 0 spiro atoms. The fraction of sp³-hybridized carbons (Fsp3) is 0.250. The van der Waals surface area contributed by atoms with Crippen molar-refractivity contribution in [1.29, 1.82) is 0 Å². The number of benzene rings is 12. The highest BCUT2D eigenvalue weighted by Gasteiger charge is 2.25. The topological polar surface area (TPSA) is 23.3 Å². The quantitative estimate of drug-likeness (QED) is 0.129. The van der Waals surface area contributed by atoms with E-state index in [1.54, 1.807) is 12.1 Å². The molecule has 6 aromatic heterocycles. The molecular formula is C120H132N6+6. The zero-order chi connectivity index (χ0) is 97.2. The Morgan fingerprint density at radius 1 is 0.238 bits per heavy atom. The lowest BCUT2D eigenvalue weighted by Gasteiger charge is -2.12. The molecular weight excluding hydrogens is 1530 g/mol. The van der Waals surface area contributed by atoms with Gasteiger partial charge in [-0.1, -0.05) is 215 Å². The first-order valence-corrected chi connectivity index (χ1v) is 44.1. The lowest BCUT2D eigenvalue weighted by molar-refractivity contribution is -0.659. The Bertz CT molecular complexity index is 7510. The van der Waals surface area contributed by atoms with Crippen molar-refractivity contribution in [2.45, 2.75) is 163 Å². The van der Waals surface area contributed by atoms with Gasteiger partial charge in [-0.25, -0.2) is 27.4 Å². The first kappa shape index (κ1) is 80.2. The number of aryl methyl sites for hydroxylation is 17. The maximum Gasteiger partial charge on any atom is 0.220 e. The molecule has 0 amide bonds. The van der Waals surface area contributed by atoms with Gasteiger partial charge in [-0.3, -0.25) is 0 Å². The van der Waals surface area contributed by atoms with Crippen molar-refractivity contribution in [3.8, 4) is 67.5 Å². The summed E-state index contributed by atoms with van der Waals surface area (Å²) in [6.07, 6.45) is 12.7. The minimum absolute atomic E-state index is 0.431. The SMILES string of the molecule is Cc1cc(C)c(C)c(-c2c3ccc(C(C)C)cc3cc[n+]2C)c1.Cc1ccc(-c2cc3ccccc3c[n+]2C)c(C)c1.Cc1ccccc1-c1cc2ccccc2c[n+]1C.[2H]C(C)(C)c1ccc2c(-c3cc(C)cc(C)c3C)[n+](C)ccc2c1.[2H]C([2H])([2H])C([2H])(C)c1ccc2c(-c3cc(C)cc(C)c3C)[n+](C)ccc2c1.[2H]C([2H])([2H])c1cc(C)cc(-c2c3ccccc3cc[n+]2C)c1C. The van der Waals surface area contributed by atoms with Crippen molar-refractivity contribution < 1.29 is 38.4 Å². The van der Waals surface area contributed by atoms with Gasteiger partial charge in [0.05, 0.1) is 43.8 Å². The Kier molecular flexibility index (Phi) is 24.9. The number of aromatic nitrogens is 6. The third-order valence-electron chi connectivity index (χ3n) is 25.2. The van der Waals surface area contributed by atoms with E-state index < -0.39 is 25.5 Å². The molecule has 0 radical (unpaired) electrons. The Hall–Kier alpha value is -12.9. The minimum atomic E-state index is -2.38. The summed E-state index contributed by atoms with van der Waals surface area (Å²) in [6.45, 7) is 35.2. The van der Waals surface area contributed by atoms with Crippen molar-refractivity contribution in [1.82, 2.24) is 0 Å². The minimum Gasteiger partial charge on any atom is -0.200 e. The lowest BCUT2D eigenvalue weighted by Crippen LogP contribution is -2.30. The predicted molar refractivity (Wildman–Crippen MR) is 537 cm³/mol. The Balaban J connectivity index is 0.000000137. The van der Waals surface area contributed by atoms with E-state index in [0.29, 0.717) is 17.0 Å². The maximum atomic E-state index is 8.38. The molecule has 126 heavy (non-hydrogen) atoms. The monoisotopic (exact) mass is 1670 g/mol. The summed E-state index contributed by atoms with van der Waals surface area (Å²) in [5.74, 6) is -1.67. The van der Waals surface area contributed by atoms with Gasteiger partial charge in [0.15, 0.2) is 37.2 Å². The predicted octanol–water partition coefficient (Wildman–Crippen LogP) is 28.0. The number of hydrogen-bond donors (Lipinski definition) is 0. The van der Waals surface area contributed by atoms with Crippen LogP contribution >= 0.6 is 0 Å². The fourth-order valence-electron chi connectivity index (χ4n) is 17.7. The van der Waals surface area contributed by atoms with Crippen LogP contribution in [0.5, 0.6) is 0 Å². The van der Waals surface area contributed by atoms with Gasteiger partial charge in [0.25, 0.3) is 0 Å². The smallest absolute Gasteiger partial charge is 0.200 e. The number of rotatable bonds is 9. The summed E-state index contributed by atoms with van der Waals surface area (Å²) < 4.78 is 76.3. The first-order chi connectivity index (χ1) is 63.2. The molecule has 0 aliphatic rings. The Morgan fingerprint density at radius 3 is 0.952 bits per heavy atom. The molecule has 1 atom stereocenters. The van der Waals surface area contributed by atoms with Gasteiger partial charge in [-0.05, 0) is 299 Å². The van der Waals surface area contributed by atoms with E-state index in [1.165, 1.54) is 173 Å². The second-order valence-corrected chi connectivity index (χ2v) is 35.6. The molecule has 12 aromatic carbocycles. The summed E-state index contributed by atoms with van der Waals surface area (Å²) in [5, 5.41) is 14.5. The molecule has 1 unspecified atom stereocenters. The number of fused-ring (bicyclic) bond motifs is 6. The van der Waals surface area contributed by atoms with Crippen molar-refractivity contribution in [3.05, 3.63) is 392 Å². The molecule has 6 heteroatoms. The van der Waals surface area contributed by atoms with Gasteiger partial charge in [-0.15, -0.1) is 0 Å². The van der Waals surface area contributed by atoms with Crippen LogP contribution in [0.25, 0.3) is 132 Å². The van der Waals surface area contributed by atoms with Crippen LogP contribution in [0.2, 0.25) is 0 Å². The molecule has 6 heterocycles. The van der Waals surface area contributed by atoms with E-state index >= 15 is 0 Å². The molecule has 0 bridgehead atoms. The largest absolute Gasteiger partial charge is 0.220 e. The third-order valence-corrected chi connectivity index (χ3v) is 25.2. The highest BCUT2D eigenvalue weighted by atomic mass is 14.9. The number of nitrogens with zero attached hydrogens (tertiary/aromatic N) is 6. The van der Waals surface area contributed by atoms with Crippen LogP contribution < -0.4 is 27.4 Å². The normalized spacial score (nSPS) is 12.9. The van der Waals surface area contributed by atoms with E-state index in [2.05, 4.69) is 390 Å². The number of pyridine rings is 6. The first-order valence-electron chi connectivity index (χ1n) is 48.1. The maximum absolute atomic E-state index is 8.38. The summed E-state index contributed by atoms with van der Waals surface area (Å²) in [5.41, 5.74) is 35.4. The molecule has 0 saturated carbocycles. The van der Waals surface area contributed by atoms with Crippen LogP contribution in [0.1, 0.15) is 170 Å². The lowest BCUT2D eigenvalue weighted by atomic mass is 9.93. The second-order valence-electron chi connectivity index (χ2n) is 35.6. The zero-order valence-corrected chi connectivity index (χ0v) is 79.0. The van der Waals surface area contributed by atoms with Crippen molar-refractivity contribution in [2.75, 3.05) is 0 Å². The molecule has 0 N–H and O–H groups in total. The molecule has 18 aromatic rings. The van der Waals surface area contributed by atoms with Crippen LogP contribution in [0, 0.1) is 104 Å². The van der Waals surface area contributed by atoms with Gasteiger partial charge in [0.1, 0.15) is 42.3 Å². The average Bonchev–Trinajstić information content (AvgIpc) is 0.754. The van der Waals surface area contributed by atoms with Gasteiger partial charge in [-0.2, -0.15) is 0 Å². The molecule has 636 valence electrons. The fourth-order valence-corrected chi connectivity index (χ4v) is 17.7. The second kappa shape index (κ2) is 39.1. The summed E-state index contributed by atoms with van der Waals surface area (Å²) in [7, 11) is 12.5. The summed E-state index contributed by atoms with van der Waals surface area (Å²) in [4.78, 5) is 0. The van der Waals surface area contributed by atoms with Crippen LogP contribution in [-0.2, 0) is 42.3 Å². The van der Waals surface area contributed by atoms with E-state index in [0.717, 1.165) is 55.2 Å². The van der Waals surface area contributed by atoms with Crippen molar-refractivity contribution in [3.63, 3.8) is 0 Å². The van der Waals surface area contributed by atoms with Crippen LogP contribution in [-0.4, -0.2) is 0 Å². The van der Waals surface area contributed by atoms with Gasteiger partial charge in [0.2, 0.25) is 34.2 Å². The Morgan fingerprint density at radius 2 is 0.563 bits per heavy atom. The summed E-state index contributed by atoms with van der Waals surface area (Å²) in [6, 6.07) is 89.5. The highest BCUT2D eigenvalue weighted by molar-refractivity contribution is 5.98. The Labute approximate surface area is 763 Å². The zero-order valence-electron chi connectivity index (χ0n) is 87.0. The van der Waals surface area contributed by atoms with Crippen LogP contribution in [0.4, 0.5) is 0 Å². The van der Waals surface area contributed by atoms with Gasteiger partial charge >= 0.3 is 0 Å². The highest BCUT2D eigenvalue weighted by Crippen LogP contribution is 2.38. The van der Waals surface area contributed by atoms with Crippen molar-refractivity contribution >= 4 is 64.6 Å². The molecule has 0 aliphatic carbocycles. The van der Waals surface area contributed by atoms with Gasteiger partial charge < -0.3 is 0 Å². The van der Waals surface area contributed by atoms with Gasteiger partial charge in [0, 0.05) is 69.3 Å². The van der Waals surface area contributed by atoms with Crippen molar-refractivity contribution in [2.24, 2.45) is 42.3 Å². The van der Waals surface area contributed by atoms with E-state index in [4.69, 9.17) is 11.0 Å². The van der Waals surface area contributed by atoms with Crippen LogP contribution in [0.3, 0.4) is 0 Å². The van der Waals surface area contributed by atoms with E-state index in [-0.39, 0.29) is 0 Å².